The summed E-state index contributed by atoms with van der Waals surface area (Å²) in [7, 11) is -4.51. The molecule has 3 aromatic carbocycles. The number of hydrogen-bond acceptors (Lipinski definition) is 7. The molecule has 0 unspecified atom stereocenters. The Kier molecular flexibility index (Phi) is 7.59. The Morgan fingerprint density at radius 2 is 1.21 bits per heavy atom. The van der Waals surface area contributed by atoms with E-state index in [2.05, 4.69) is 10.2 Å². The number of para-hydroxylation sites is 1. The second-order valence-electron chi connectivity index (χ2n) is 5.55. The molecule has 0 aromatic heterocycles. The van der Waals surface area contributed by atoms with Crippen LogP contribution in [-0.4, -0.2) is 18.0 Å². The Morgan fingerprint density at radius 3 is 1.66 bits per heavy atom. The molecule has 3 aromatic rings. The fourth-order valence-electron chi connectivity index (χ4n) is 2.36. The topological polar surface area (TPSA) is 128 Å². The number of rotatable bonds is 6. The number of nitro groups is 1. The van der Waals surface area contributed by atoms with E-state index < -0.39 is 15.2 Å². The van der Waals surface area contributed by atoms with Gasteiger partial charge >= 0.3 is 29.6 Å². The van der Waals surface area contributed by atoms with Crippen LogP contribution < -0.4 is 34.6 Å². The summed E-state index contributed by atoms with van der Waals surface area (Å²) in [5.74, 6) is 0. The molecule has 0 saturated carbocycles. The van der Waals surface area contributed by atoms with Crippen LogP contribution >= 0.6 is 0 Å². The minimum atomic E-state index is -4.51. The molecule has 9 nitrogen and oxygen atoms in total. The molecular weight excluding hydrogens is 407 g/mol. The number of hydrazine groups is 1. The van der Waals surface area contributed by atoms with Crippen LogP contribution in [0, 0.1) is 10.1 Å². The van der Waals surface area contributed by atoms with E-state index >= 15 is 0 Å². The van der Waals surface area contributed by atoms with Crippen LogP contribution in [0.3, 0.4) is 0 Å². The molecule has 142 valence electrons. The van der Waals surface area contributed by atoms with Crippen molar-refractivity contribution in [2.24, 2.45) is 10.2 Å². The molecule has 3 rings (SSSR count). The normalized spacial score (nSPS) is 11.1. The second kappa shape index (κ2) is 9.72. The number of hydrogen-bond donors (Lipinski definition) is 0. The predicted octanol–water partition coefficient (Wildman–Crippen LogP) is 1.34. The van der Waals surface area contributed by atoms with Gasteiger partial charge in [-0.1, -0.05) is 23.2 Å². The van der Waals surface area contributed by atoms with Crippen molar-refractivity contribution in [3.05, 3.63) is 89.0 Å². The van der Waals surface area contributed by atoms with Crippen LogP contribution in [0.5, 0.6) is 0 Å². The first-order chi connectivity index (χ1) is 13.3. The van der Waals surface area contributed by atoms with Gasteiger partial charge in [-0.25, -0.2) is 18.5 Å². The van der Waals surface area contributed by atoms with Gasteiger partial charge in [0.25, 0.3) is 0 Å². The summed E-state index contributed by atoms with van der Waals surface area (Å²) in [6.07, 6.45) is 0. The molecular formula is C18H13N4NaO5S. The van der Waals surface area contributed by atoms with Crippen molar-refractivity contribution in [2.45, 2.75) is 4.90 Å². The van der Waals surface area contributed by atoms with Crippen LogP contribution in [0.4, 0.5) is 22.7 Å². The van der Waals surface area contributed by atoms with E-state index in [1.165, 1.54) is 24.3 Å². The Balaban J connectivity index is 0.00000300. The van der Waals surface area contributed by atoms with Crippen molar-refractivity contribution >= 4 is 32.9 Å². The van der Waals surface area contributed by atoms with Crippen LogP contribution in [0.2, 0.25) is 0 Å². The zero-order valence-electron chi connectivity index (χ0n) is 15.2. The maximum atomic E-state index is 11.4. The minimum Gasteiger partial charge on any atom is -0.744 e. The van der Waals surface area contributed by atoms with E-state index in [1.807, 2.05) is 0 Å². The van der Waals surface area contributed by atoms with Crippen molar-refractivity contribution in [2.75, 3.05) is 5.01 Å². The fourth-order valence-corrected chi connectivity index (χ4v) is 2.83. The van der Waals surface area contributed by atoms with Gasteiger partial charge in [-0.3, -0.25) is 0 Å². The molecule has 0 N–H and O–H groups in total. The van der Waals surface area contributed by atoms with Gasteiger partial charge in [0.1, 0.15) is 21.5 Å². The average molecular weight is 420 g/mol. The maximum absolute atomic E-state index is 11.4. The molecule has 0 saturated heterocycles. The van der Waals surface area contributed by atoms with Crippen LogP contribution in [0.15, 0.2) is 94.0 Å². The van der Waals surface area contributed by atoms with Gasteiger partial charge in [0.05, 0.1) is 16.3 Å². The van der Waals surface area contributed by atoms with Gasteiger partial charge in [-0.05, 0) is 60.7 Å². The zero-order chi connectivity index (χ0) is 20.1. The zero-order valence-corrected chi connectivity index (χ0v) is 18.1. The van der Waals surface area contributed by atoms with Crippen LogP contribution in [-0.2, 0) is 10.1 Å². The van der Waals surface area contributed by atoms with Gasteiger partial charge in [-0.15, -0.1) is 0 Å². The molecule has 0 aliphatic rings. The Labute approximate surface area is 188 Å². The third-order valence-corrected chi connectivity index (χ3v) is 4.51. The number of anilines is 2. The van der Waals surface area contributed by atoms with Gasteiger partial charge in [0.2, 0.25) is 0 Å². The quantitative estimate of drug-likeness (QED) is 0.195. The number of azo groups is 1. The first-order valence-electron chi connectivity index (χ1n) is 7.92. The Morgan fingerprint density at radius 1 is 0.759 bits per heavy atom. The smallest absolute Gasteiger partial charge is 0.744 e. The first-order valence-corrected chi connectivity index (χ1v) is 9.33. The van der Waals surface area contributed by atoms with Crippen LogP contribution in [0.25, 0.3) is 0 Å². The molecule has 0 fully saturated rings. The molecule has 0 bridgehead atoms. The van der Waals surface area contributed by atoms with E-state index in [0.29, 0.717) is 22.7 Å². The standard InChI is InChI=1S/C18H14N4O5S.Na/c23-22(24)21(16-4-2-1-3-5-16)17-10-6-14(7-11-17)19-20-15-8-12-18(13-9-15)28(25,26)27;/h1-13H,(H,25,26,27);/q;+1/p-1. The molecule has 0 aliphatic carbocycles. The summed E-state index contributed by atoms with van der Waals surface area (Å²) >= 11 is 0. The Bertz CT molecular complexity index is 1110. The van der Waals surface area contributed by atoms with Crippen molar-refractivity contribution < 1.29 is 47.6 Å². The van der Waals surface area contributed by atoms with E-state index in [-0.39, 0.29) is 34.5 Å². The van der Waals surface area contributed by atoms with E-state index in [9.17, 15) is 23.1 Å². The molecule has 29 heavy (non-hydrogen) atoms. The summed E-state index contributed by atoms with van der Waals surface area (Å²) in [6, 6.07) is 19.6. The second-order valence-corrected chi connectivity index (χ2v) is 6.93. The summed E-state index contributed by atoms with van der Waals surface area (Å²) in [6.45, 7) is 0. The van der Waals surface area contributed by atoms with Crippen molar-refractivity contribution in [3.63, 3.8) is 0 Å². The van der Waals surface area contributed by atoms with Crippen molar-refractivity contribution in [1.29, 1.82) is 0 Å². The van der Waals surface area contributed by atoms with E-state index in [0.717, 1.165) is 17.1 Å². The summed E-state index contributed by atoms with van der Waals surface area (Å²) in [5.41, 5.74) is 1.56. The summed E-state index contributed by atoms with van der Waals surface area (Å²) < 4.78 is 32.7. The van der Waals surface area contributed by atoms with Crippen LogP contribution in [0.1, 0.15) is 0 Å². The van der Waals surface area contributed by atoms with Gasteiger partial charge in [0, 0.05) is 0 Å². The molecule has 11 heteroatoms. The average Bonchev–Trinajstić information content (AvgIpc) is 2.68. The maximum Gasteiger partial charge on any atom is 1.00 e. The van der Waals surface area contributed by atoms with E-state index in [1.54, 1.807) is 42.5 Å². The molecule has 0 atom stereocenters. The third-order valence-electron chi connectivity index (χ3n) is 3.66. The molecule has 0 spiro atoms. The molecule has 0 aliphatic heterocycles. The minimum absolute atomic E-state index is 0. The fraction of sp³-hybridized carbons (Fsp3) is 0. The summed E-state index contributed by atoms with van der Waals surface area (Å²) in [5, 5.41) is 19.8. The van der Waals surface area contributed by atoms with Gasteiger partial charge < -0.3 is 4.55 Å². The molecule has 0 amide bonds. The SMILES string of the molecule is O=[N+]([O-])N(c1ccccc1)c1ccc(N=Nc2ccc(S(=O)(=O)[O-])cc2)cc1.[Na+]. The van der Waals surface area contributed by atoms with Gasteiger partial charge in [0.15, 0.2) is 5.03 Å². The summed E-state index contributed by atoms with van der Waals surface area (Å²) in [4.78, 5) is 11.1. The third kappa shape index (κ3) is 5.92. The monoisotopic (exact) mass is 420 g/mol. The number of nitrogens with zero attached hydrogens (tertiary/aromatic N) is 4. The van der Waals surface area contributed by atoms with Crippen molar-refractivity contribution in [1.82, 2.24) is 0 Å². The van der Waals surface area contributed by atoms with Gasteiger partial charge in [-0.2, -0.15) is 10.2 Å². The molecule has 0 radical (unpaired) electrons. The Hall–Kier alpha value is -2.63. The van der Waals surface area contributed by atoms with Crippen molar-refractivity contribution in [3.8, 4) is 0 Å². The molecule has 0 heterocycles. The first kappa shape index (κ1) is 22.7. The number of benzene rings is 3. The predicted molar refractivity (Wildman–Crippen MR) is 101 cm³/mol. The largest absolute Gasteiger partial charge is 1.00 e. The van der Waals surface area contributed by atoms with E-state index in [4.69, 9.17) is 0 Å².